The normalized spacial score (nSPS) is 17.9. The fourth-order valence-corrected chi connectivity index (χ4v) is 2.48. The summed E-state index contributed by atoms with van der Waals surface area (Å²) in [6, 6.07) is 0. The lowest BCUT2D eigenvalue weighted by Gasteiger charge is -2.21. The number of carbonyl (C=O) groups is 1. The molecule has 0 bridgehead atoms. The van der Waals surface area contributed by atoms with Gasteiger partial charge < -0.3 is 9.84 Å². The summed E-state index contributed by atoms with van der Waals surface area (Å²) in [4.78, 5) is 10.9. The SMILES string of the molecule is CC(C)(CCCCOCC1CCCCC1)C(=O)O. The van der Waals surface area contributed by atoms with Gasteiger partial charge in [0.2, 0.25) is 0 Å². The van der Waals surface area contributed by atoms with Crippen LogP contribution < -0.4 is 0 Å². The van der Waals surface area contributed by atoms with Gasteiger partial charge in [-0.1, -0.05) is 25.7 Å². The van der Waals surface area contributed by atoms with Gasteiger partial charge in [0.1, 0.15) is 0 Å². The quantitative estimate of drug-likeness (QED) is 0.671. The number of rotatable bonds is 8. The second kappa shape index (κ2) is 7.78. The zero-order valence-electron chi connectivity index (χ0n) is 11.9. The third-order valence-electron chi connectivity index (χ3n) is 4.00. The molecule has 0 saturated heterocycles. The van der Waals surface area contributed by atoms with Gasteiger partial charge in [-0.15, -0.1) is 0 Å². The molecule has 3 heteroatoms. The van der Waals surface area contributed by atoms with E-state index in [1.807, 2.05) is 0 Å². The Balaban J connectivity index is 1.97. The molecular weight excluding hydrogens is 228 g/mol. The van der Waals surface area contributed by atoms with Crippen LogP contribution in [0, 0.1) is 11.3 Å². The third kappa shape index (κ3) is 5.85. The van der Waals surface area contributed by atoms with Crippen molar-refractivity contribution in [2.45, 2.75) is 65.2 Å². The minimum Gasteiger partial charge on any atom is -0.481 e. The van der Waals surface area contributed by atoms with Gasteiger partial charge in [0, 0.05) is 13.2 Å². The molecule has 0 unspecified atom stereocenters. The fourth-order valence-electron chi connectivity index (χ4n) is 2.48. The molecule has 0 aromatic heterocycles. The molecule has 0 aliphatic heterocycles. The molecular formula is C15H28O3. The van der Waals surface area contributed by atoms with Crippen molar-refractivity contribution < 1.29 is 14.6 Å². The van der Waals surface area contributed by atoms with E-state index in [2.05, 4.69) is 0 Å². The van der Waals surface area contributed by atoms with E-state index in [4.69, 9.17) is 9.84 Å². The highest BCUT2D eigenvalue weighted by Crippen LogP contribution is 2.25. The van der Waals surface area contributed by atoms with Crippen molar-refractivity contribution in [2.75, 3.05) is 13.2 Å². The Hall–Kier alpha value is -0.570. The molecule has 1 fully saturated rings. The first-order valence-electron chi connectivity index (χ1n) is 7.33. The van der Waals surface area contributed by atoms with Gasteiger partial charge in [-0.3, -0.25) is 4.79 Å². The van der Waals surface area contributed by atoms with Crippen LogP contribution in [0.1, 0.15) is 65.2 Å². The van der Waals surface area contributed by atoms with Gasteiger partial charge in [0.25, 0.3) is 0 Å². The fraction of sp³-hybridized carbons (Fsp3) is 0.933. The van der Waals surface area contributed by atoms with E-state index in [0.29, 0.717) is 0 Å². The Morgan fingerprint density at radius 1 is 1.22 bits per heavy atom. The van der Waals surface area contributed by atoms with Gasteiger partial charge in [-0.05, 0) is 45.4 Å². The predicted octanol–water partition coefficient (Wildman–Crippen LogP) is 3.86. The lowest BCUT2D eigenvalue weighted by molar-refractivity contribution is -0.147. The summed E-state index contributed by atoms with van der Waals surface area (Å²) < 4.78 is 5.70. The summed E-state index contributed by atoms with van der Waals surface area (Å²) in [5.74, 6) is 0.0693. The third-order valence-corrected chi connectivity index (χ3v) is 4.00. The van der Waals surface area contributed by atoms with Crippen molar-refractivity contribution in [2.24, 2.45) is 11.3 Å². The van der Waals surface area contributed by atoms with Gasteiger partial charge in [-0.2, -0.15) is 0 Å². The van der Waals surface area contributed by atoms with E-state index in [-0.39, 0.29) is 0 Å². The first-order chi connectivity index (χ1) is 8.52. The average Bonchev–Trinajstić information content (AvgIpc) is 2.34. The molecule has 0 aromatic rings. The van der Waals surface area contributed by atoms with E-state index in [9.17, 15) is 4.79 Å². The lowest BCUT2D eigenvalue weighted by Crippen LogP contribution is -2.23. The Morgan fingerprint density at radius 3 is 2.50 bits per heavy atom. The molecule has 1 aliphatic carbocycles. The standard InChI is InChI=1S/C15H28O3/c1-15(2,14(16)17)10-6-7-11-18-12-13-8-4-3-5-9-13/h13H,3-12H2,1-2H3,(H,16,17). The number of hydrogen-bond donors (Lipinski definition) is 1. The molecule has 3 nitrogen and oxygen atoms in total. The first kappa shape index (κ1) is 15.5. The molecule has 18 heavy (non-hydrogen) atoms. The Labute approximate surface area is 111 Å². The second-order valence-electron chi connectivity index (χ2n) is 6.23. The van der Waals surface area contributed by atoms with Gasteiger partial charge in [0.15, 0.2) is 0 Å². The number of ether oxygens (including phenoxy) is 1. The van der Waals surface area contributed by atoms with E-state index in [1.54, 1.807) is 13.8 Å². The number of carboxylic acids is 1. The van der Waals surface area contributed by atoms with Crippen molar-refractivity contribution in [3.63, 3.8) is 0 Å². The summed E-state index contributed by atoms with van der Waals surface area (Å²) in [6.07, 6.45) is 9.41. The van der Waals surface area contributed by atoms with Crippen molar-refractivity contribution in [1.82, 2.24) is 0 Å². The Kier molecular flexibility index (Phi) is 6.69. The van der Waals surface area contributed by atoms with Crippen LogP contribution in [0.4, 0.5) is 0 Å². The number of carboxylic acid groups (broad SMARTS) is 1. The monoisotopic (exact) mass is 256 g/mol. The van der Waals surface area contributed by atoms with Gasteiger partial charge in [-0.25, -0.2) is 0 Å². The highest BCUT2D eigenvalue weighted by Gasteiger charge is 2.25. The van der Waals surface area contributed by atoms with E-state index in [1.165, 1.54) is 32.1 Å². The van der Waals surface area contributed by atoms with Crippen LogP contribution in [0.5, 0.6) is 0 Å². The van der Waals surface area contributed by atoms with Crippen molar-refractivity contribution in [1.29, 1.82) is 0 Å². The summed E-state index contributed by atoms with van der Waals surface area (Å²) >= 11 is 0. The molecule has 0 heterocycles. The van der Waals surface area contributed by atoms with Crippen LogP contribution in [0.25, 0.3) is 0 Å². The molecule has 0 atom stereocenters. The minimum atomic E-state index is -0.703. The molecule has 0 spiro atoms. The highest BCUT2D eigenvalue weighted by molar-refractivity contribution is 5.73. The summed E-state index contributed by atoms with van der Waals surface area (Å²) in [6.45, 7) is 5.27. The van der Waals surface area contributed by atoms with Crippen LogP contribution >= 0.6 is 0 Å². The predicted molar refractivity (Wildman–Crippen MR) is 72.7 cm³/mol. The number of unbranched alkanes of at least 4 members (excludes halogenated alkanes) is 1. The molecule has 1 rings (SSSR count). The van der Waals surface area contributed by atoms with Crippen LogP contribution in [0.15, 0.2) is 0 Å². The summed E-state index contributed by atoms with van der Waals surface area (Å²) in [5.41, 5.74) is -0.594. The molecule has 1 aliphatic rings. The van der Waals surface area contributed by atoms with Crippen LogP contribution in [0.3, 0.4) is 0 Å². The smallest absolute Gasteiger partial charge is 0.309 e. The molecule has 1 N–H and O–H groups in total. The maximum atomic E-state index is 10.9. The molecule has 106 valence electrons. The average molecular weight is 256 g/mol. The maximum Gasteiger partial charge on any atom is 0.309 e. The van der Waals surface area contributed by atoms with Crippen LogP contribution in [-0.2, 0) is 9.53 Å². The zero-order chi connectivity index (χ0) is 13.4. The molecule has 0 radical (unpaired) electrons. The lowest BCUT2D eigenvalue weighted by atomic mass is 9.87. The van der Waals surface area contributed by atoms with Crippen molar-refractivity contribution >= 4 is 5.97 Å². The van der Waals surface area contributed by atoms with E-state index in [0.717, 1.165) is 38.4 Å². The molecule has 1 saturated carbocycles. The highest BCUT2D eigenvalue weighted by atomic mass is 16.5. The van der Waals surface area contributed by atoms with Gasteiger partial charge >= 0.3 is 5.97 Å². The van der Waals surface area contributed by atoms with Crippen molar-refractivity contribution in [3.05, 3.63) is 0 Å². The summed E-state index contributed by atoms with van der Waals surface area (Å²) in [7, 11) is 0. The molecule has 0 amide bonds. The van der Waals surface area contributed by atoms with Gasteiger partial charge in [0.05, 0.1) is 5.41 Å². The summed E-state index contributed by atoms with van der Waals surface area (Å²) in [5, 5.41) is 8.98. The van der Waals surface area contributed by atoms with Crippen molar-refractivity contribution in [3.8, 4) is 0 Å². The zero-order valence-corrected chi connectivity index (χ0v) is 11.9. The van der Waals surface area contributed by atoms with Crippen LogP contribution in [0.2, 0.25) is 0 Å². The number of hydrogen-bond acceptors (Lipinski definition) is 2. The largest absolute Gasteiger partial charge is 0.481 e. The Morgan fingerprint density at radius 2 is 1.89 bits per heavy atom. The van der Waals surface area contributed by atoms with Crippen LogP contribution in [-0.4, -0.2) is 24.3 Å². The minimum absolute atomic E-state index is 0.594. The van der Waals surface area contributed by atoms with E-state index >= 15 is 0 Å². The molecule has 0 aromatic carbocycles. The Bertz CT molecular complexity index is 242. The topological polar surface area (TPSA) is 46.5 Å². The maximum absolute atomic E-state index is 10.9. The number of aliphatic carboxylic acids is 1. The van der Waals surface area contributed by atoms with E-state index < -0.39 is 11.4 Å². The second-order valence-corrected chi connectivity index (χ2v) is 6.23. The first-order valence-corrected chi connectivity index (χ1v) is 7.33.